The Labute approximate surface area is 232 Å². The first-order chi connectivity index (χ1) is 18.6. The summed E-state index contributed by atoms with van der Waals surface area (Å²) in [5.41, 5.74) is 3.39. The minimum atomic E-state index is -0.400. The Morgan fingerprint density at radius 1 is 0.658 bits per heavy atom. The molecular formula is C34H50N2O2. The summed E-state index contributed by atoms with van der Waals surface area (Å²) < 4.78 is 6.47. The Hall–Kier alpha value is -2.50. The monoisotopic (exact) mass is 518 g/mol. The minimum Gasteiger partial charge on any atom is -0.388 e. The molecule has 1 fully saturated rings. The Morgan fingerprint density at radius 3 is 1.50 bits per heavy atom. The van der Waals surface area contributed by atoms with Gasteiger partial charge in [-0.3, -0.25) is 9.80 Å². The molecule has 0 unspecified atom stereocenters. The minimum absolute atomic E-state index is 0.0455. The molecule has 3 aromatic carbocycles. The van der Waals surface area contributed by atoms with E-state index in [2.05, 4.69) is 72.2 Å². The van der Waals surface area contributed by atoms with E-state index in [1.54, 1.807) is 0 Å². The van der Waals surface area contributed by atoms with E-state index in [0.717, 1.165) is 38.2 Å². The number of nitrogens with zero attached hydrogens (tertiary/aromatic N) is 2. The molecule has 0 aromatic heterocycles. The van der Waals surface area contributed by atoms with Gasteiger partial charge in [-0.15, -0.1) is 0 Å². The first-order valence-corrected chi connectivity index (χ1v) is 14.5. The van der Waals surface area contributed by atoms with Gasteiger partial charge in [-0.2, -0.15) is 0 Å². The maximum Gasteiger partial charge on any atom is 0.108 e. The Kier molecular flexibility index (Phi) is 14.9. The molecule has 1 saturated heterocycles. The lowest BCUT2D eigenvalue weighted by atomic mass is 10.0. The van der Waals surface area contributed by atoms with Crippen molar-refractivity contribution in [2.75, 3.05) is 32.8 Å². The summed E-state index contributed by atoms with van der Waals surface area (Å²) in [5.74, 6) is 0. The molecule has 4 heteroatoms. The van der Waals surface area contributed by atoms with Crippen LogP contribution in [0.2, 0.25) is 0 Å². The number of hydrogen-bond acceptors (Lipinski definition) is 4. The van der Waals surface area contributed by atoms with E-state index in [1.807, 2.05) is 70.2 Å². The van der Waals surface area contributed by atoms with Crippen LogP contribution in [0.5, 0.6) is 0 Å². The van der Waals surface area contributed by atoms with Crippen molar-refractivity contribution in [2.45, 2.75) is 72.3 Å². The molecule has 0 bridgehead atoms. The molecule has 0 spiro atoms. The maximum absolute atomic E-state index is 10.6. The molecule has 0 aliphatic carbocycles. The van der Waals surface area contributed by atoms with E-state index >= 15 is 0 Å². The quantitative estimate of drug-likeness (QED) is 0.304. The summed E-state index contributed by atoms with van der Waals surface area (Å²) in [6.07, 6.45) is 0.318. The van der Waals surface area contributed by atoms with Crippen LogP contribution in [0.15, 0.2) is 91.0 Å². The Bertz CT molecular complexity index is 928. The Balaban J connectivity index is 0.00000121. The standard InChI is InChI=1S/C30H38N2O2.2C2H6/c1-24-23-32(25(2)22-31(24)19-18-29(33)26-12-6-3-7-13-26)20-21-34-30(27-14-8-4-9-15-27)28-16-10-5-11-17-28;2*1-2/h3-17,24-25,29-30,33H,18-23H2,1-2H3;2*1-2H3/t24-,25+,29+;;/m1../s1. The molecule has 3 atom stereocenters. The third-order valence-corrected chi connectivity index (χ3v) is 6.99. The van der Waals surface area contributed by atoms with Crippen LogP contribution in [-0.2, 0) is 4.74 Å². The summed E-state index contributed by atoms with van der Waals surface area (Å²) in [6, 6.07) is 31.9. The normalized spacial score (nSPS) is 18.6. The summed E-state index contributed by atoms with van der Waals surface area (Å²) in [6.45, 7) is 17.2. The van der Waals surface area contributed by atoms with Gasteiger partial charge in [0.1, 0.15) is 6.10 Å². The van der Waals surface area contributed by atoms with Gasteiger partial charge in [0.05, 0.1) is 12.7 Å². The second-order valence-corrected chi connectivity index (χ2v) is 9.48. The van der Waals surface area contributed by atoms with Crippen LogP contribution in [0.25, 0.3) is 0 Å². The van der Waals surface area contributed by atoms with Crippen molar-refractivity contribution in [3.8, 4) is 0 Å². The molecule has 4 rings (SSSR count). The van der Waals surface area contributed by atoms with Gasteiger partial charge >= 0.3 is 0 Å². The van der Waals surface area contributed by atoms with Crippen molar-refractivity contribution in [3.05, 3.63) is 108 Å². The lowest BCUT2D eigenvalue weighted by Crippen LogP contribution is -2.57. The van der Waals surface area contributed by atoms with Crippen molar-refractivity contribution in [1.82, 2.24) is 9.80 Å². The summed E-state index contributed by atoms with van der Waals surface area (Å²) in [5, 5.41) is 10.6. The molecule has 0 amide bonds. The molecule has 1 heterocycles. The highest BCUT2D eigenvalue weighted by Crippen LogP contribution is 2.26. The number of ether oxygens (including phenoxy) is 1. The van der Waals surface area contributed by atoms with Crippen molar-refractivity contribution < 1.29 is 9.84 Å². The predicted molar refractivity (Wildman–Crippen MR) is 161 cm³/mol. The van der Waals surface area contributed by atoms with Crippen LogP contribution in [0, 0.1) is 0 Å². The van der Waals surface area contributed by atoms with Crippen LogP contribution in [0.4, 0.5) is 0 Å². The third-order valence-electron chi connectivity index (χ3n) is 6.99. The number of aliphatic hydroxyl groups is 1. The second-order valence-electron chi connectivity index (χ2n) is 9.48. The van der Waals surface area contributed by atoms with Crippen molar-refractivity contribution in [2.24, 2.45) is 0 Å². The lowest BCUT2D eigenvalue weighted by molar-refractivity contribution is 0.00245. The zero-order valence-corrected chi connectivity index (χ0v) is 24.5. The van der Waals surface area contributed by atoms with E-state index in [1.165, 1.54) is 11.1 Å². The van der Waals surface area contributed by atoms with E-state index in [4.69, 9.17) is 4.74 Å². The zero-order valence-electron chi connectivity index (χ0n) is 24.5. The fourth-order valence-electron chi connectivity index (χ4n) is 4.95. The van der Waals surface area contributed by atoms with E-state index < -0.39 is 6.10 Å². The molecule has 38 heavy (non-hydrogen) atoms. The van der Waals surface area contributed by atoms with Crippen molar-refractivity contribution in [1.29, 1.82) is 0 Å². The predicted octanol–water partition coefficient (Wildman–Crippen LogP) is 7.36. The zero-order chi connectivity index (χ0) is 27.8. The van der Waals surface area contributed by atoms with Gasteiger partial charge in [-0.05, 0) is 37.0 Å². The van der Waals surface area contributed by atoms with Gasteiger partial charge in [0.15, 0.2) is 0 Å². The van der Waals surface area contributed by atoms with Gasteiger partial charge in [-0.1, -0.05) is 119 Å². The number of hydrogen-bond donors (Lipinski definition) is 1. The first-order valence-electron chi connectivity index (χ1n) is 14.5. The molecular weight excluding hydrogens is 468 g/mol. The fourth-order valence-corrected chi connectivity index (χ4v) is 4.95. The summed E-state index contributed by atoms with van der Waals surface area (Å²) in [7, 11) is 0. The highest BCUT2D eigenvalue weighted by Gasteiger charge is 2.29. The highest BCUT2D eigenvalue weighted by molar-refractivity contribution is 5.29. The van der Waals surface area contributed by atoms with E-state index in [0.29, 0.717) is 18.7 Å². The topological polar surface area (TPSA) is 35.9 Å². The van der Waals surface area contributed by atoms with E-state index in [9.17, 15) is 5.11 Å². The van der Waals surface area contributed by atoms with Crippen LogP contribution in [-0.4, -0.2) is 59.8 Å². The molecule has 208 valence electrons. The van der Waals surface area contributed by atoms with Gasteiger partial charge in [0.2, 0.25) is 0 Å². The van der Waals surface area contributed by atoms with Crippen LogP contribution in [0.1, 0.15) is 76.9 Å². The van der Waals surface area contributed by atoms with Crippen LogP contribution in [0.3, 0.4) is 0 Å². The maximum atomic E-state index is 10.6. The van der Waals surface area contributed by atoms with Crippen LogP contribution >= 0.6 is 0 Å². The number of rotatable bonds is 10. The molecule has 1 N–H and O–H groups in total. The summed E-state index contributed by atoms with van der Waals surface area (Å²) >= 11 is 0. The van der Waals surface area contributed by atoms with Crippen LogP contribution < -0.4 is 0 Å². The van der Waals surface area contributed by atoms with Gasteiger partial charge in [-0.25, -0.2) is 0 Å². The largest absolute Gasteiger partial charge is 0.388 e. The molecule has 1 aliphatic heterocycles. The smallest absolute Gasteiger partial charge is 0.108 e. The molecule has 3 aromatic rings. The number of piperazine rings is 1. The van der Waals surface area contributed by atoms with Crippen molar-refractivity contribution in [3.63, 3.8) is 0 Å². The highest BCUT2D eigenvalue weighted by atomic mass is 16.5. The number of aliphatic hydroxyl groups excluding tert-OH is 1. The fraction of sp³-hybridized carbons (Fsp3) is 0.471. The van der Waals surface area contributed by atoms with Gasteiger partial charge in [0.25, 0.3) is 0 Å². The molecule has 4 nitrogen and oxygen atoms in total. The van der Waals surface area contributed by atoms with Gasteiger partial charge < -0.3 is 9.84 Å². The molecule has 0 radical (unpaired) electrons. The first kappa shape index (κ1) is 31.7. The number of benzene rings is 3. The Morgan fingerprint density at radius 2 is 1.05 bits per heavy atom. The average molecular weight is 519 g/mol. The average Bonchev–Trinajstić information content (AvgIpc) is 2.99. The second kappa shape index (κ2) is 17.9. The molecule has 0 saturated carbocycles. The lowest BCUT2D eigenvalue weighted by Gasteiger charge is -2.44. The van der Waals surface area contributed by atoms with E-state index in [-0.39, 0.29) is 6.10 Å². The van der Waals surface area contributed by atoms with Crippen molar-refractivity contribution >= 4 is 0 Å². The SMILES string of the molecule is CC.CC.C[C@@H]1CN(CCOC(c2ccccc2)c2ccccc2)[C@@H](C)CN1CC[C@H](O)c1ccccc1. The molecule has 1 aliphatic rings. The third kappa shape index (κ3) is 9.67. The van der Waals surface area contributed by atoms with Gasteiger partial charge in [0, 0.05) is 38.3 Å². The summed E-state index contributed by atoms with van der Waals surface area (Å²) in [4.78, 5) is 5.06.